The molecule has 0 aromatic heterocycles. The fourth-order valence-corrected chi connectivity index (χ4v) is 2.37. The van der Waals surface area contributed by atoms with E-state index in [2.05, 4.69) is 5.32 Å². The van der Waals surface area contributed by atoms with Crippen LogP contribution in [0.15, 0.2) is 36.4 Å². The van der Waals surface area contributed by atoms with Gasteiger partial charge < -0.3 is 10.1 Å². The predicted molar refractivity (Wildman–Crippen MR) is 79.9 cm³/mol. The van der Waals surface area contributed by atoms with Crippen LogP contribution in [0.4, 0.5) is 8.78 Å². The fraction of sp³-hybridized carbons (Fsp3) is 0.250. The van der Waals surface area contributed by atoms with Gasteiger partial charge in [-0.15, -0.1) is 0 Å². The second-order valence-corrected chi connectivity index (χ2v) is 4.99. The van der Waals surface area contributed by atoms with Gasteiger partial charge in [0.25, 0.3) is 0 Å². The van der Waals surface area contributed by atoms with Gasteiger partial charge in [0.2, 0.25) is 0 Å². The molecule has 2 aromatic rings. The minimum Gasteiger partial charge on any atom is -0.494 e. The van der Waals surface area contributed by atoms with Crippen molar-refractivity contribution in [3.05, 3.63) is 64.2 Å². The molecule has 0 bridgehead atoms. The summed E-state index contributed by atoms with van der Waals surface area (Å²) < 4.78 is 32.9. The first-order valence-corrected chi connectivity index (χ1v) is 6.96. The third-order valence-corrected chi connectivity index (χ3v) is 3.43. The summed E-state index contributed by atoms with van der Waals surface area (Å²) in [6.07, 6.45) is 0. The molecule has 5 heteroatoms. The summed E-state index contributed by atoms with van der Waals surface area (Å²) in [4.78, 5) is 0. The number of halogens is 3. The van der Waals surface area contributed by atoms with Gasteiger partial charge in [0, 0.05) is 10.6 Å². The Labute approximate surface area is 127 Å². The monoisotopic (exact) mass is 311 g/mol. The molecule has 2 nitrogen and oxygen atoms in total. The molecule has 0 fully saturated rings. The lowest BCUT2D eigenvalue weighted by Gasteiger charge is -2.20. The standard InChI is InChI=1S/C16H16ClF2NO/c1-3-20-16(12-6-5-11(17)9-13(12)18)10-4-7-15(21-2)14(19)8-10/h4-9,16,20H,3H2,1-2H3. The van der Waals surface area contributed by atoms with E-state index in [1.54, 1.807) is 18.2 Å². The van der Waals surface area contributed by atoms with Crippen molar-refractivity contribution in [2.45, 2.75) is 13.0 Å². The topological polar surface area (TPSA) is 21.3 Å². The van der Waals surface area contributed by atoms with Crippen LogP contribution in [0.1, 0.15) is 24.1 Å². The van der Waals surface area contributed by atoms with Gasteiger partial charge >= 0.3 is 0 Å². The Morgan fingerprint density at radius 3 is 2.48 bits per heavy atom. The Hall–Kier alpha value is -1.65. The van der Waals surface area contributed by atoms with Crippen LogP contribution in [0.5, 0.6) is 5.75 Å². The van der Waals surface area contributed by atoms with E-state index in [1.807, 2.05) is 6.92 Å². The third-order valence-electron chi connectivity index (χ3n) is 3.19. The maximum Gasteiger partial charge on any atom is 0.165 e. The Morgan fingerprint density at radius 1 is 1.14 bits per heavy atom. The number of hydrogen-bond donors (Lipinski definition) is 1. The van der Waals surface area contributed by atoms with E-state index < -0.39 is 17.7 Å². The summed E-state index contributed by atoms with van der Waals surface area (Å²) in [5, 5.41) is 3.48. The summed E-state index contributed by atoms with van der Waals surface area (Å²) in [6, 6.07) is 8.61. The van der Waals surface area contributed by atoms with E-state index in [0.717, 1.165) is 0 Å². The molecule has 0 aliphatic carbocycles. The lowest BCUT2D eigenvalue weighted by molar-refractivity contribution is 0.385. The highest BCUT2D eigenvalue weighted by molar-refractivity contribution is 6.30. The molecular weight excluding hydrogens is 296 g/mol. The van der Waals surface area contributed by atoms with Crippen LogP contribution in [-0.4, -0.2) is 13.7 Å². The molecule has 0 aliphatic heterocycles. The van der Waals surface area contributed by atoms with Gasteiger partial charge in [0.15, 0.2) is 11.6 Å². The molecule has 2 rings (SSSR count). The second kappa shape index (κ2) is 6.87. The molecule has 0 aliphatic rings. The molecule has 1 N–H and O–H groups in total. The molecule has 21 heavy (non-hydrogen) atoms. The molecule has 2 aromatic carbocycles. The molecule has 0 heterocycles. The van der Waals surface area contributed by atoms with Crippen molar-refractivity contribution >= 4 is 11.6 Å². The van der Waals surface area contributed by atoms with Gasteiger partial charge in [-0.1, -0.05) is 30.7 Å². The van der Waals surface area contributed by atoms with Gasteiger partial charge in [-0.05, 0) is 36.4 Å². The molecular formula is C16H16ClF2NO. The number of methoxy groups -OCH3 is 1. The van der Waals surface area contributed by atoms with Crippen molar-refractivity contribution in [3.8, 4) is 5.75 Å². The minimum atomic E-state index is -0.479. The molecule has 0 spiro atoms. The lowest BCUT2D eigenvalue weighted by Crippen LogP contribution is -2.23. The van der Waals surface area contributed by atoms with Crippen molar-refractivity contribution in [2.75, 3.05) is 13.7 Å². The Kier molecular flexibility index (Phi) is 5.15. The van der Waals surface area contributed by atoms with E-state index in [-0.39, 0.29) is 5.75 Å². The van der Waals surface area contributed by atoms with Gasteiger partial charge in [-0.25, -0.2) is 8.78 Å². The molecule has 1 unspecified atom stereocenters. The minimum absolute atomic E-state index is 0.158. The van der Waals surface area contributed by atoms with Crippen molar-refractivity contribution in [2.24, 2.45) is 0 Å². The first kappa shape index (κ1) is 15.7. The van der Waals surface area contributed by atoms with Crippen LogP contribution in [0.25, 0.3) is 0 Å². The molecule has 0 radical (unpaired) electrons. The van der Waals surface area contributed by atoms with Crippen LogP contribution >= 0.6 is 11.6 Å². The first-order chi connectivity index (χ1) is 10.1. The molecule has 1 atom stereocenters. The quantitative estimate of drug-likeness (QED) is 0.887. The van der Waals surface area contributed by atoms with Crippen LogP contribution < -0.4 is 10.1 Å². The Balaban J connectivity index is 2.45. The van der Waals surface area contributed by atoms with Gasteiger partial charge in [-0.3, -0.25) is 0 Å². The maximum atomic E-state index is 14.1. The molecule has 112 valence electrons. The highest BCUT2D eigenvalue weighted by atomic mass is 35.5. The zero-order chi connectivity index (χ0) is 15.4. The summed E-state index contributed by atoms with van der Waals surface area (Å²) in [7, 11) is 1.40. The van der Waals surface area contributed by atoms with Crippen molar-refractivity contribution in [3.63, 3.8) is 0 Å². The highest BCUT2D eigenvalue weighted by Crippen LogP contribution is 2.29. The van der Waals surface area contributed by atoms with Crippen molar-refractivity contribution < 1.29 is 13.5 Å². The number of ether oxygens (including phenoxy) is 1. The van der Waals surface area contributed by atoms with E-state index in [1.165, 1.54) is 25.3 Å². The average molecular weight is 312 g/mol. The molecule has 0 saturated heterocycles. The molecule has 0 saturated carbocycles. The van der Waals surface area contributed by atoms with Crippen LogP contribution in [0.2, 0.25) is 5.02 Å². The van der Waals surface area contributed by atoms with Crippen LogP contribution in [0.3, 0.4) is 0 Å². The zero-order valence-electron chi connectivity index (χ0n) is 11.8. The van der Waals surface area contributed by atoms with Crippen molar-refractivity contribution in [1.82, 2.24) is 5.32 Å². The largest absolute Gasteiger partial charge is 0.494 e. The van der Waals surface area contributed by atoms with E-state index >= 15 is 0 Å². The average Bonchev–Trinajstić information content (AvgIpc) is 2.45. The summed E-state index contributed by atoms with van der Waals surface area (Å²) in [5.41, 5.74) is 1.04. The number of benzene rings is 2. The number of rotatable bonds is 5. The normalized spacial score (nSPS) is 12.2. The lowest BCUT2D eigenvalue weighted by atomic mass is 9.98. The zero-order valence-corrected chi connectivity index (χ0v) is 12.5. The van der Waals surface area contributed by atoms with E-state index in [4.69, 9.17) is 16.3 Å². The molecule has 0 amide bonds. The SMILES string of the molecule is CCNC(c1ccc(OC)c(F)c1)c1ccc(Cl)cc1F. The highest BCUT2D eigenvalue weighted by Gasteiger charge is 2.18. The first-order valence-electron chi connectivity index (χ1n) is 6.58. The summed E-state index contributed by atoms with van der Waals surface area (Å²) >= 11 is 5.77. The Bertz CT molecular complexity index is 634. The summed E-state index contributed by atoms with van der Waals surface area (Å²) in [5.74, 6) is -0.748. The fourth-order valence-electron chi connectivity index (χ4n) is 2.21. The van der Waals surface area contributed by atoms with Gasteiger partial charge in [0.05, 0.1) is 13.2 Å². The van der Waals surface area contributed by atoms with E-state index in [9.17, 15) is 8.78 Å². The van der Waals surface area contributed by atoms with E-state index in [0.29, 0.717) is 22.7 Å². The van der Waals surface area contributed by atoms with Gasteiger partial charge in [0.1, 0.15) is 5.82 Å². The van der Waals surface area contributed by atoms with Crippen LogP contribution in [0, 0.1) is 11.6 Å². The predicted octanol–water partition coefficient (Wildman–Crippen LogP) is 4.33. The van der Waals surface area contributed by atoms with Crippen molar-refractivity contribution in [1.29, 1.82) is 0 Å². The van der Waals surface area contributed by atoms with Crippen LogP contribution in [-0.2, 0) is 0 Å². The number of nitrogens with one attached hydrogen (secondary N) is 1. The smallest absolute Gasteiger partial charge is 0.165 e. The van der Waals surface area contributed by atoms with Gasteiger partial charge in [-0.2, -0.15) is 0 Å². The maximum absolute atomic E-state index is 14.1. The third kappa shape index (κ3) is 3.52. The Morgan fingerprint density at radius 2 is 1.90 bits per heavy atom. The number of hydrogen-bond acceptors (Lipinski definition) is 2. The summed E-state index contributed by atoms with van der Waals surface area (Å²) in [6.45, 7) is 2.51. The second-order valence-electron chi connectivity index (χ2n) is 4.55.